The van der Waals surface area contributed by atoms with Gasteiger partial charge in [-0.3, -0.25) is 0 Å². The number of hydrogen-bond donors (Lipinski definition) is 0. The van der Waals surface area contributed by atoms with Gasteiger partial charge < -0.3 is 13.3 Å². The van der Waals surface area contributed by atoms with E-state index in [9.17, 15) is 0 Å². The molecule has 3 aliphatic carbocycles. The van der Waals surface area contributed by atoms with Gasteiger partial charge >= 0.3 is 0 Å². The zero-order valence-electron chi connectivity index (χ0n) is 76.6. The number of benzene rings is 18. The maximum atomic E-state index is 6.64. The van der Waals surface area contributed by atoms with Crippen LogP contribution in [-0.2, 0) is 16.2 Å². The molecular weight excluding hydrogens is 1690 g/mol. The van der Waals surface area contributed by atoms with Gasteiger partial charge in [-0.25, -0.2) is 44.9 Å². The van der Waals surface area contributed by atoms with Gasteiger partial charge in [-0.15, -0.1) is 0 Å². The molecule has 0 atom stereocenters. The predicted molar refractivity (Wildman–Crippen MR) is 559 cm³/mol. The number of furan rings is 3. The SMILES string of the molecule is CC1(C)c2ccccc2-c2ccc3c(oc4ccc(-c5ccc(-c6nc(-c7ccccc7)nc(-c7ccccc7)n6)cc5)cc43)c21.CC1(C)c2ccccc2-c2ccc3c(oc4ccc(-c5cccc(-c6nc(-c7ccccc7)nc(-c7ccccc7)n6)c5)cc43)c21.CC1(C)c2ccccc2-c2ccc3c(oc4ccc(-c5nc(-c6ccccc6)nc(-c6cccc(-c7ccccc7)c6)n5)cc43)c21. The quantitative estimate of drug-likeness (QED) is 0.114. The fourth-order valence-corrected chi connectivity index (χ4v) is 21.1. The molecule has 0 N–H and O–H groups in total. The van der Waals surface area contributed by atoms with Crippen molar-refractivity contribution in [2.45, 2.75) is 57.8 Å². The van der Waals surface area contributed by atoms with Crippen molar-refractivity contribution in [3.63, 3.8) is 0 Å². The molecule has 18 aromatic carbocycles. The van der Waals surface area contributed by atoms with E-state index in [1.54, 1.807) is 0 Å². The van der Waals surface area contributed by atoms with Gasteiger partial charge in [-0.2, -0.15) is 0 Å². The van der Waals surface area contributed by atoms with Crippen LogP contribution in [0.5, 0.6) is 0 Å². The van der Waals surface area contributed by atoms with Crippen LogP contribution in [0, 0.1) is 0 Å². The minimum Gasteiger partial charge on any atom is -0.456 e. The third-order valence-electron chi connectivity index (χ3n) is 27.9. The van der Waals surface area contributed by atoms with E-state index in [1.807, 2.05) is 164 Å². The lowest BCUT2D eigenvalue weighted by atomic mass is 9.82. The maximum absolute atomic E-state index is 6.64. The van der Waals surface area contributed by atoms with Crippen molar-refractivity contribution >= 4 is 65.8 Å². The van der Waals surface area contributed by atoms with E-state index in [2.05, 4.69) is 296 Å². The van der Waals surface area contributed by atoms with Crippen LogP contribution in [0.4, 0.5) is 0 Å². The van der Waals surface area contributed by atoms with Gasteiger partial charge in [0.15, 0.2) is 52.4 Å². The summed E-state index contributed by atoms with van der Waals surface area (Å²) in [5, 5.41) is 6.69. The first-order valence-electron chi connectivity index (χ1n) is 46.9. The molecule has 0 bridgehead atoms. The highest BCUT2D eigenvalue weighted by Gasteiger charge is 2.42. The summed E-state index contributed by atoms with van der Waals surface area (Å²) in [6.45, 7) is 13.8. The minimum atomic E-state index is -0.163. The van der Waals surface area contributed by atoms with Crippen molar-refractivity contribution < 1.29 is 13.3 Å². The molecule has 0 amide bonds. The molecule has 0 radical (unpaired) electrons. The summed E-state index contributed by atoms with van der Waals surface area (Å²) in [7, 11) is 0. The van der Waals surface area contributed by atoms with Gasteiger partial charge in [0.25, 0.3) is 0 Å². The Labute approximate surface area is 797 Å². The first-order valence-corrected chi connectivity index (χ1v) is 46.9. The topological polar surface area (TPSA) is 155 Å². The smallest absolute Gasteiger partial charge is 0.164 e. The molecule has 24 aromatic rings. The number of rotatable bonds is 12. The summed E-state index contributed by atoms with van der Waals surface area (Å²) in [5.74, 6) is 5.80. The van der Waals surface area contributed by atoms with Crippen LogP contribution in [0.2, 0.25) is 0 Å². The molecule has 27 rings (SSSR count). The second-order valence-electron chi connectivity index (χ2n) is 37.4. The second-order valence-corrected chi connectivity index (χ2v) is 37.4. The van der Waals surface area contributed by atoms with Crippen LogP contribution in [0.15, 0.2) is 432 Å². The van der Waals surface area contributed by atoms with E-state index in [0.29, 0.717) is 52.4 Å². The van der Waals surface area contributed by atoms with Gasteiger partial charge in [0.05, 0.1) is 0 Å². The Hall–Kier alpha value is -17.6. The zero-order chi connectivity index (χ0) is 92.5. The number of aromatic nitrogens is 9. The molecule has 12 heteroatoms. The molecule has 0 fully saturated rings. The highest BCUT2D eigenvalue weighted by atomic mass is 16.3. The van der Waals surface area contributed by atoms with Gasteiger partial charge in [0.1, 0.15) is 33.5 Å². The molecule has 0 spiro atoms. The summed E-state index contributed by atoms with van der Waals surface area (Å²) < 4.78 is 19.9. The third kappa shape index (κ3) is 14.2. The molecule has 6 aromatic heterocycles. The molecule has 654 valence electrons. The summed E-state index contributed by atoms with van der Waals surface area (Å²) in [6.07, 6.45) is 0. The van der Waals surface area contributed by atoms with Crippen LogP contribution >= 0.6 is 0 Å². The molecule has 0 saturated heterocycles. The molecule has 3 aliphatic rings. The van der Waals surface area contributed by atoms with Crippen LogP contribution < -0.4 is 0 Å². The maximum Gasteiger partial charge on any atom is 0.164 e. The van der Waals surface area contributed by atoms with E-state index in [4.69, 9.17) is 58.1 Å². The third-order valence-corrected chi connectivity index (χ3v) is 27.9. The van der Waals surface area contributed by atoms with Gasteiger partial charge in [-0.05, 0) is 156 Å². The summed E-state index contributed by atoms with van der Waals surface area (Å²) in [4.78, 5) is 44.4. The van der Waals surface area contributed by atoms with E-state index in [1.165, 1.54) is 66.8 Å². The Morgan fingerprint density at radius 3 is 0.674 bits per heavy atom. The van der Waals surface area contributed by atoms with Crippen LogP contribution in [-0.4, -0.2) is 44.9 Å². The summed E-state index contributed by atoms with van der Waals surface area (Å²) in [5.41, 5.74) is 35.8. The van der Waals surface area contributed by atoms with Crippen LogP contribution in [0.25, 0.3) is 235 Å². The summed E-state index contributed by atoms with van der Waals surface area (Å²) in [6, 6.07) is 145. The van der Waals surface area contributed by atoms with Crippen LogP contribution in [0.3, 0.4) is 0 Å². The normalized spacial score (nSPS) is 13.2. The van der Waals surface area contributed by atoms with Gasteiger partial charge in [0, 0.05) is 115 Å². The highest BCUT2D eigenvalue weighted by Crippen LogP contribution is 2.57. The molecule has 0 aliphatic heterocycles. The average molecular weight is 1780 g/mol. The fraction of sp³-hybridized carbons (Fsp3) is 0.0714. The van der Waals surface area contributed by atoms with Crippen molar-refractivity contribution in [1.82, 2.24) is 44.9 Å². The van der Waals surface area contributed by atoms with Crippen molar-refractivity contribution in [3.05, 3.63) is 452 Å². The highest BCUT2D eigenvalue weighted by molar-refractivity contribution is 6.13. The standard InChI is InChI=1S/3C42H29N3O/c1-42(2)35-19-10-9-18-31(35)32-21-22-33-34-25-29(20-23-36(34)46-38(33)37(32)42)28-16-11-17-30(24-28)41-44-39(26-12-5-3-6-13-26)43-40(45-41)27-14-7-4-8-15-27;1-42(2)35-19-10-9-18-31(35)32-21-22-33-34-25-30(20-23-36(34)46-38(33)37(32)42)41-44-39(27-14-7-4-8-15-27)43-40(45-41)29-17-11-16-28(24-29)26-12-5-3-6-13-26;1-42(2)35-16-10-9-15-31(35)32-22-23-33-34-25-30(21-24-36(34)46-38(33)37(32)42)26-17-19-29(20-18-26)41-44-39(27-11-5-3-6-12-27)43-40(45-41)28-13-7-4-8-14-28/h3*3-25H,1-2H3. The average Bonchev–Trinajstić information content (AvgIpc) is 1.56. The van der Waals surface area contributed by atoms with Crippen molar-refractivity contribution in [2.24, 2.45) is 0 Å². The second kappa shape index (κ2) is 32.9. The number of nitrogens with zero attached hydrogens (tertiary/aromatic N) is 9. The largest absolute Gasteiger partial charge is 0.456 e. The Bertz CT molecular complexity index is 8850. The van der Waals surface area contributed by atoms with Gasteiger partial charge in [0.2, 0.25) is 0 Å². The molecule has 0 unspecified atom stereocenters. The lowest BCUT2D eigenvalue weighted by molar-refractivity contribution is 0.619. The Morgan fingerprint density at radius 1 is 0.152 bits per heavy atom. The van der Waals surface area contributed by atoms with E-state index in [0.717, 1.165) is 149 Å². The van der Waals surface area contributed by atoms with E-state index < -0.39 is 0 Å². The molecule has 6 heterocycles. The molecule has 0 saturated carbocycles. The van der Waals surface area contributed by atoms with Crippen molar-refractivity contribution in [1.29, 1.82) is 0 Å². The molecule has 12 nitrogen and oxygen atoms in total. The zero-order valence-corrected chi connectivity index (χ0v) is 76.6. The Morgan fingerprint density at radius 2 is 0.355 bits per heavy atom. The number of fused-ring (bicyclic) bond motifs is 21. The lowest BCUT2D eigenvalue weighted by Crippen LogP contribution is -2.15. The first-order chi connectivity index (χ1) is 67.6. The fourth-order valence-electron chi connectivity index (χ4n) is 21.1. The van der Waals surface area contributed by atoms with E-state index in [-0.39, 0.29) is 16.2 Å². The van der Waals surface area contributed by atoms with E-state index >= 15 is 0 Å². The monoisotopic (exact) mass is 1770 g/mol. The first kappa shape index (κ1) is 82.3. The molecule has 138 heavy (non-hydrogen) atoms. The Kier molecular flexibility index (Phi) is 19.6. The van der Waals surface area contributed by atoms with Crippen molar-refractivity contribution in [2.75, 3.05) is 0 Å². The molecular formula is C126H87N9O3. The predicted octanol–water partition coefficient (Wildman–Crippen LogP) is 32.2. The van der Waals surface area contributed by atoms with Crippen LogP contribution in [0.1, 0.15) is 74.9 Å². The van der Waals surface area contributed by atoms with Crippen molar-refractivity contribution in [3.8, 4) is 169 Å². The van der Waals surface area contributed by atoms with Gasteiger partial charge in [-0.1, -0.05) is 387 Å². The summed E-state index contributed by atoms with van der Waals surface area (Å²) >= 11 is 0. The minimum absolute atomic E-state index is 0.131. The Balaban J connectivity index is 0.000000110. The number of hydrogen-bond acceptors (Lipinski definition) is 12. The lowest BCUT2D eigenvalue weighted by Gasteiger charge is -2.21.